The van der Waals surface area contributed by atoms with Crippen LogP contribution in [0, 0.1) is 0 Å². The maximum atomic E-state index is 12.6. The van der Waals surface area contributed by atoms with Gasteiger partial charge < -0.3 is 18.8 Å². The van der Waals surface area contributed by atoms with Crippen molar-refractivity contribution >= 4 is 7.14 Å². The van der Waals surface area contributed by atoms with E-state index in [2.05, 4.69) is 0 Å². The van der Waals surface area contributed by atoms with Crippen molar-refractivity contribution in [2.24, 2.45) is 0 Å². The van der Waals surface area contributed by atoms with E-state index < -0.39 is 7.14 Å². The summed E-state index contributed by atoms with van der Waals surface area (Å²) in [6.07, 6.45) is 0. The molecule has 0 aliphatic carbocycles. The molecule has 0 rings (SSSR count). The van der Waals surface area contributed by atoms with Gasteiger partial charge in [-0.15, -0.1) is 0 Å². The highest BCUT2D eigenvalue weighted by Crippen LogP contribution is 2.59. The molecule has 0 aromatic rings. The molecule has 3 unspecified atom stereocenters. The van der Waals surface area contributed by atoms with Crippen LogP contribution in [0.2, 0.25) is 0 Å². The van der Waals surface area contributed by atoms with Crippen molar-refractivity contribution in [3.63, 3.8) is 0 Å². The van der Waals surface area contributed by atoms with Gasteiger partial charge in [0.1, 0.15) is 17.5 Å². The Morgan fingerprint density at radius 2 is 1.00 bits per heavy atom. The number of methoxy groups -OCH3 is 3. The van der Waals surface area contributed by atoms with E-state index >= 15 is 0 Å². The molecule has 5 heteroatoms. The Bertz CT molecular complexity index is 174. The summed E-state index contributed by atoms with van der Waals surface area (Å²) in [6.45, 7) is 5.35. The van der Waals surface area contributed by atoms with Crippen LogP contribution in [0.4, 0.5) is 0 Å². The Morgan fingerprint density at radius 3 is 1.14 bits per heavy atom. The van der Waals surface area contributed by atoms with Crippen molar-refractivity contribution < 1.29 is 18.8 Å². The van der Waals surface area contributed by atoms with Gasteiger partial charge in [0.05, 0.1) is 0 Å². The Kier molecular flexibility index (Phi) is 5.91. The third-order valence-electron chi connectivity index (χ3n) is 2.73. The summed E-state index contributed by atoms with van der Waals surface area (Å²) in [5.41, 5.74) is 0. The van der Waals surface area contributed by atoms with E-state index in [-0.39, 0.29) is 17.5 Å². The molecule has 0 aliphatic heterocycles. The van der Waals surface area contributed by atoms with Crippen molar-refractivity contribution in [1.82, 2.24) is 0 Å². The Morgan fingerprint density at radius 1 is 0.786 bits per heavy atom. The topological polar surface area (TPSA) is 44.8 Å². The summed E-state index contributed by atoms with van der Waals surface area (Å²) in [6, 6.07) is 0. The second kappa shape index (κ2) is 5.86. The lowest BCUT2D eigenvalue weighted by atomic mass is 10.8. The number of ether oxygens (including phenoxy) is 3. The molecule has 0 saturated carbocycles. The first-order valence-electron chi connectivity index (χ1n) is 4.62. The molecule has 0 aliphatic rings. The van der Waals surface area contributed by atoms with E-state index in [4.69, 9.17) is 14.2 Å². The first-order chi connectivity index (χ1) is 6.44. The second-order valence-corrected chi connectivity index (χ2v) is 6.98. The van der Waals surface area contributed by atoms with Gasteiger partial charge >= 0.3 is 0 Å². The van der Waals surface area contributed by atoms with Gasteiger partial charge in [0.2, 0.25) is 0 Å². The predicted octanol–water partition coefficient (Wildman–Crippen LogP) is 2.33. The summed E-state index contributed by atoms with van der Waals surface area (Å²) in [7, 11) is 1.97. The van der Waals surface area contributed by atoms with Gasteiger partial charge in [0.25, 0.3) is 0 Å². The zero-order valence-electron chi connectivity index (χ0n) is 9.81. The molecule has 3 atom stereocenters. The second-order valence-electron chi connectivity index (χ2n) is 3.27. The molecule has 14 heavy (non-hydrogen) atoms. The summed E-state index contributed by atoms with van der Waals surface area (Å²) >= 11 is 0. The van der Waals surface area contributed by atoms with Crippen molar-refractivity contribution in [3.8, 4) is 0 Å². The van der Waals surface area contributed by atoms with Gasteiger partial charge in [-0.1, -0.05) is 0 Å². The molecule has 0 heterocycles. The minimum atomic E-state index is -2.66. The fourth-order valence-corrected chi connectivity index (χ4v) is 4.14. The summed E-state index contributed by atoms with van der Waals surface area (Å²) in [5.74, 6) is -1.06. The monoisotopic (exact) mass is 224 g/mol. The van der Waals surface area contributed by atoms with E-state index in [1.807, 2.05) is 0 Å². The van der Waals surface area contributed by atoms with Crippen molar-refractivity contribution in [2.45, 2.75) is 38.3 Å². The third kappa shape index (κ3) is 2.57. The summed E-state index contributed by atoms with van der Waals surface area (Å²) in [5, 5.41) is 0. The first kappa shape index (κ1) is 14.1. The maximum Gasteiger partial charge on any atom is 0.168 e. The largest absolute Gasteiger partial charge is 0.374 e. The number of rotatable bonds is 6. The predicted molar refractivity (Wildman–Crippen MR) is 57.0 cm³/mol. The van der Waals surface area contributed by atoms with Crippen LogP contribution in [-0.4, -0.2) is 38.9 Å². The Balaban J connectivity index is 4.94. The van der Waals surface area contributed by atoms with E-state index in [0.29, 0.717) is 0 Å². The average Bonchev–Trinajstić information content (AvgIpc) is 2.24. The molecular weight excluding hydrogens is 203 g/mol. The summed E-state index contributed by atoms with van der Waals surface area (Å²) in [4.78, 5) is 0. The van der Waals surface area contributed by atoms with Crippen LogP contribution in [0.5, 0.6) is 0 Å². The first-order valence-corrected chi connectivity index (χ1v) is 6.54. The fourth-order valence-electron chi connectivity index (χ4n) is 1.38. The van der Waals surface area contributed by atoms with Crippen LogP contribution < -0.4 is 0 Å². The summed E-state index contributed by atoms with van der Waals surface area (Å²) < 4.78 is 28.0. The van der Waals surface area contributed by atoms with Gasteiger partial charge in [0.15, 0.2) is 7.14 Å². The zero-order valence-corrected chi connectivity index (χ0v) is 10.7. The van der Waals surface area contributed by atoms with E-state index in [0.717, 1.165) is 0 Å². The lowest BCUT2D eigenvalue weighted by molar-refractivity contribution is 0.116. The van der Waals surface area contributed by atoms with Crippen LogP contribution >= 0.6 is 7.14 Å². The highest BCUT2D eigenvalue weighted by atomic mass is 31.2. The molecule has 0 fully saturated rings. The Hall–Kier alpha value is 0.110. The smallest absolute Gasteiger partial charge is 0.168 e. The fraction of sp³-hybridized carbons (Fsp3) is 1.00. The Labute approximate surface area is 86.3 Å². The molecule has 0 N–H and O–H groups in total. The maximum absolute atomic E-state index is 12.6. The zero-order chi connectivity index (χ0) is 11.4. The molecule has 0 aromatic heterocycles. The molecule has 0 radical (unpaired) electrons. The molecule has 86 valence electrons. The number of hydrogen-bond acceptors (Lipinski definition) is 4. The number of hydrogen-bond donors (Lipinski definition) is 0. The van der Waals surface area contributed by atoms with Gasteiger partial charge in [-0.2, -0.15) is 0 Å². The normalized spacial score (nSPS) is 22.4. The van der Waals surface area contributed by atoms with Crippen LogP contribution in [-0.2, 0) is 18.8 Å². The quantitative estimate of drug-likeness (QED) is 0.649. The lowest BCUT2D eigenvalue weighted by Gasteiger charge is -2.32. The van der Waals surface area contributed by atoms with Gasteiger partial charge in [0, 0.05) is 21.3 Å². The van der Waals surface area contributed by atoms with Crippen LogP contribution in [0.3, 0.4) is 0 Å². The molecule has 0 amide bonds. The highest BCUT2D eigenvalue weighted by molar-refractivity contribution is 7.65. The SMILES string of the molecule is COC(C)P(=O)(C(C)OC)C(C)OC. The molecule has 0 spiro atoms. The molecular formula is C9H21O4P. The standard InChI is InChI=1S/C9H21O4P/c1-7(11-4)14(10,8(2)12-5)9(3)13-6/h7-9H,1-6H3. The third-order valence-corrected chi connectivity index (χ3v) is 6.77. The highest BCUT2D eigenvalue weighted by Gasteiger charge is 2.41. The van der Waals surface area contributed by atoms with E-state index in [9.17, 15) is 4.57 Å². The minimum Gasteiger partial charge on any atom is -0.374 e. The molecule has 0 saturated heterocycles. The lowest BCUT2D eigenvalue weighted by Crippen LogP contribution is -2.25. The molecule has 0 aromatic carbocycles. The van der Waals surface area contributed by atoms with E-state index in [1.54, 1.807) is 42.1 Å². The van der Waals surface area contributed by atoms with Gasteiger partial charge in [-0.25, -0.2) is 0 Å². The average molecular weight is 224 g/mol. The minimum absolute atomic E-state index is 0.354. The van der Waals surface area contributed by atoms with Crippen LogP contribution in [0.15, 0.2) is 0 Å². The van der Waals surface area contributed by atoms with Gasteiger partial charge in [-0.05, 0) is 20.8 Å². The van der Waals surface area contributed by atoms with Gasteiger partial charge in [-0.3, -0.25) is 0 Å². The van der Waals surface area contributed by atoms with Crippen LogP contribution in [0.1, 0.15) is 20.8 Å². The van der Waals surface area contributed by atoms with Crippen LogP contribution in [0.25, 0.3) is 0 Å². The molecule has 0 bridgehead atoms. The molecule has 4 nitrogen and oxygen atoms in total. The van der Waals surface area contributed by atoms with Crippen molar-refractivity contribution in [3.05, 3.63) is 0 Å². The van der Waals surface area contributed by atoms with Crippen molar-refractivity contribution in [1.29, 1.82) is 0 Å². The van der Waals surface area contributed by atoms with E-state index in [1.165, 1.54) is 0 Å². The van der Waals surface area contributed by atoms with Crippen molar-refractivity contribution in [2.75, 3.05) is 21.3 Å².